The molecule has 1 N–H and O–H groups in total. The molecule has 3 aromatic rings. The SMILES string of the molecule is CC[C@@H](C)NC(=O)[C@H](Cc1ccccc1)N(Cc1ccc(C)cc1)C(=O)CN(c1ccc(OC)c(Cl)c1)S(C)(=O)=O. The zero-order chi connectivity index (χ0) is 30.2. The Bertz CT molecular complexity index is 1430. The number of ether oxygens (including phenoxy) is 1. The molecule has 0 fully saturated rings. The first-order valence-corrected chi connectivity index (χ1v) is 15.7. The highest BCUT2D eigenvalue weighted by atomic mass is 35.5. The van der Waals surface area contributed by atoms with Crippen molar-refractivity contribution in [2.24, 2.45) is 0 Å². The molecule has 2 atom stereocenters. The lowest BCUT2D eigenvalue weighted by molar-refractivity contribution is -0.140. The van der Waals surface area contributed by atoms with Gasteiger partial charge in [-0.05, 0) is 49.6 Å². The van der Waals surface area contributed by atoms with Crippen LogP contribution in [0.1, 0.15) is 37.0 Å². The molecule has 3 aromatic carbocycles. The summed E-state index contributed by atoms with van der Waals surface area (Å²) in [6.07, 6.45) is 2.00. The molecule has 0 spiro atoms. The summed E-state index contributed by atoms with van der Waals surface area (Å²) in [7, 11) is -2.45. The van der Waals surface area contributed by atoms with Crippen molar-refractivity contribution in [2.45, 2.75) is 52.2 Å². The van der Waals surface area contributed by atoms with Crippen LogP contribution in [0.3, 0.4) is 0 Å². The first-order chi connectivity index (χ1) is 19.4. The summed E-state index contributed by atoms with van der Waals surface area (Å²) < 4.78 is 32.1. The van der Waals surface area contributed by atoms with Crippen LogP contribution in [-0.4, -0.2) is 57.1 Å². The van der Waals surface area contributed by atoms with Crippen molar-refractivity contribution in [3.8, 4) is 5.75 Å². The molecule has 3 rings (SSSR count). The molecule has 0 aliphatic carbocycles. The minimum absolute atomic E-state index is 0.106. The van der Waals surface area contributed by atoms with E-state index in [4.69, 9.17) is 16.3 Å². The van der Waals surface area contributed by atoms with Crippen LogP contribution in [0.4, 0.5) is 5.69 Å². The summed E-state index contributed by atoms with van der Waals surface area (Å²) in [6, 6.07) is 20.6. The van der Waals surface area contributed by atoms with E-state index in [0.29, 0.717) is 5.75 Å². The summed E-state index contributed by atoms with van der Waals surface area (Å²) in [6.45, 7) is 5.44. The van der Waals surface area contributed by atoms with Gasteiger partial charge in [-0.2, -0.15) is 0 Å². The van der Waals surface area contributed by atoms with Crippen molar-refractivity contribution in [3.05, 3.63) is 94.5 Å². The lowest BCUT2D eigenvalue weighted by atomic mass is 10.0. The van der Waals surface area contributed by atoms with Crippen molar-refractivity contribution in [1.29, 1.82) is 0 Å². The molecular formula is C31H38ClN3O5S. The third-order valence-corrected chi connectivity index (χ3v) is 8.28. The predicted octanol–water partition coefficient (Wildman–Crippen LogP) is 4.98. The molecule has 0 saturated carbocycles. The van der Waals surface area contributed by atoms with Gasteiger partial charge in [-0.15, -0.1) is 0 Å². The minimum atomic E-state index is -3.90. The summed E-state index contributed by atoms with van der Waals surface area (Å²) in [5.41, 5.74) is 2.96. The van der Waals surface area contributed by atoms with Gasteiger partial charge in [0.2, 0.25) is 21.8 Å². The summed E-state index contributed by atoms with van der Waals surface area (Å²) in [5, 5.41) is 3.23. The van der Waals surface area contributed by atoms with E-state index in [1.54, 1.807) is 6.07 Å². The minimum Gasteiger partial charge on any atom is -0.495 e. The van der Waals surface area contributed by atoms with Crippen LogP contribution in [0.25, 0.3) is 0 Å². The number of carbonyl (C=O) groups is 2. The first-order valence-electron chi connectivity index (χ1n) is 13.4. The number of sulfonamides is 1. The highest BCUT2D eigenvalue weighted by molar-refractivity contribution is 7.92. The van der Waals surface area contributed by atoms with Crippen LogP contribution < -0.4 is 14.4 Å². The Morgan fingerprint density at radius 1 is 1.00 bits per heavy atom. The maximum Gasteiger partial charge on any atom is 0.244 e. The number of carbonyl (C=O) groups excluding carboxylic acids is 2. The molecule has 0 bridgehead atoms. The second-order valence-corrected chi connectivity index (χ2v) is 12.4. The Morgan fingerprint density at radius 3 is 2.22 bits per heavy atom. The summed E-state index contributed by atoms with van der Waals surface area (Å²) >= 11 is 6.29. The molecular weight excluding hydrogens is 562 g/mol. The molecule has 41 heavy (non-hydrogen) atoms. The van der Waals surface area contributed by atoms with Crippen molar-refractivity contribution >= 4 is 39.1 Å². The molecule has 0 aromatic heterocycles. The topological polar surface area (TPSA) is 96.0 Å². The van der Waals surface area contributed by atoms with Crippen LogP contribution in [-0.2, 0) is 32.6 Å². The largest absolute Gasteiger partial charge is 0.495 e. The van der Waals surface area contributed by atoms with E-state index in [0.717, 1.165) is 33.7 Å². The van der Waals surface area contributed by atoms with Crippen molar-refractivity contribution < 1.29 is 22.7 Å². The van der Waals surface area contributed by atoms with Crippen LogP contribution >= 0.6 is 11.6 Å². The Morgan fingerprint density at radius 2 is 1.66 bits per heavy atom. The van der Waals surface area contributed by atoms with Gasteiger partial charge in [0.25, 0.3) is 0 Å². The molecule has 0 saturated heterocycles. The molecule has 10 heteroatoms. The lowest BCUT2D eigenvalue weighted by Gasteiger charge is -2.34. The normalized spacial score (nSPS) is 12.7. The Kier molecular flexibility index (Phi) is 11.2. The van der Waals surface area contributed by atoms with Crippen LogP contribution in [0, 0.1) is 6.92 Å². The number of nitrogens with zero attached hydrogens (tertiary/aromatic N) is 2. The molecule has 8 nitrogen and oxygen atoms in total. The molecule has 0 unspecified atom stereocenters. The van der Waals surface area contributed by atoms with Gasteiger partial charge < -0.3 is 15.0 Å². The van der Waals surface area contributed by atoms with Gasteiger partial charge in [-0.25, -0.2) is 8.42 Å². The number of aryl methyl sites for hydroxylation is 1. The van der Waals surface area contributed by atoms with Gasteiger partial charge >= 0.3 is 0 Å². The molecule has 0 aliphatic rings. The van der Waals surface area contributed by atoms with Gasteiger partial charge in [0.15, 0.2) is 0 Å². The Hall–Kier alpha value is -3.56. The average molecular weight is 600 g/mol. The molecule has 0 heterocycles. The van der Waals surface area contributed by atoms with E-state index >= 15 is 0 Å². The van der Waals surface area contributed by atoms with Crippen molar-refractivity contribution in [2.75, 3.05) is 24.2 Å². The van der Waals surface area contributed by atoms with E-state index in [1.807, 2.05) is 75.4 Å². The molecule has 220 valence electrons. The monoisotopic (exact) mass is 599 g/mol. The number of hydrogen-bond acceptors (Lipinski definition) is 5. The lowest BCUT2D eigenvalue weighted by Crippen LogP contribution is -2.54. The number of amides is 2. The number of methoxy groups -OCH3 is 1. The highest BCUT2D eigenvalue weighted by Gasteiger charge is 2.33. The van der Waals surface area contributed by atoms with Gasteiger partial charge in [-0.3, -0.25) is 13.9 Å². The fraction of sp³-hybridized carbons (Fsp3) is 0.355. The Balaban J connectivity index is 2.06. The number of benzene rings is 3. The van der Waals surface area contributed by atoms with Gasteiger partial charge in [0.1, 0.15) is 18.3 Å². The van der Waals surface area contributed by atoms with Crippen LogP contribution in [0.5, 0.6) is 5.75 Å². The standard InChI is InChI=1S/C31H38ClN3O5S/c1-6-23(3)33-31(37)28(18-24-10-8-7-9-11-24)34(20-25-14-12-22(2)13-15-25)30(36)21-35(41(5,38)39)26-16-17-29(40-4)27(32)19-26/h7-17,19,23,28H,6,18,20-21H2,1-5H3,(H,33,37)/t23-,28+/m1/s1. The van der Waals surface area contributed by atoms with Gasteiger partial charge in [0.05, 0.1) is 24.1 Å². The van der Waals surface area contributed by atoms with E-state index in [-0.39, 0.29) is 35.6 Å². The first kappa shape index (κ1) is 32.0. The number of rotatable bonds is 13. The number of nitrogens with one attached hydrogen (secondary N) is 1. The van der Waals surface area contributed by atoms with Crippen LogP contribution in [0.2, 0.25) is 5.02 Å². The second-order valence-electron chi connectivity index (χ2n) is 10.1. The number of halogens is 1. The smallest absolute Gasteiger partial charge is 0.244 e. The molecule has 0 aliphatic heterocycles. The summed E-state index contributed by atoms with van der Waals surface area (Å²) in [5.74, 6) is -0.453. The number of anilines is 1. The van der Waals surface area contributed by atoms with Crippen molar-refractivity contribution in [1.82, 2.24) is 10.2 Å². The third-order valence-electron chi connectivity index (χ3n) is 6.85. The average Bonchev–Trinajstić information content (AvgIpc) is 2.94. The zero-order valence-electron chi connectivity index (χ0n) is 24.1. The van der Waals surface area contributed by atoms with Gasteiger partial charge in [-0.1, -0.05) is 78.7 Å². The maximum absolute atomic E-state index is 14.1. The fourth-order valence-electron chi connectivity index (χ4n) is 4.31. The molecule has 0 radical (unpaired) electrons. The summed E-state index contributed by atoms with van der Waals surface area (Å²) in [4.78, 5) is 29.3. The quantitative estimate of drug-likeness (QED) is 0.299. The van der Waals surface area contributed by atoms with E-state index in [1.165, 1.54) is 24.1 Å². The van der Waals surface area contributed by atoms with E-state index in [2.05, 4.69) is 5.32 Å². The second kappa shape index (κ2) is 14.4. The van der Waals surface area contributed by atoms with Gasteiger partial charge in [0, 0.05) is 19.0 Å². The molecule has 2 amide bonds. The third kappa shape index (κ3) is 8.96. The Labute approximate surface area is 248 Å². The number of hydrogen-bond donors (Lipinski definition) is 1. The predicted molar refractivity (Wildman–Crippen MR) is 164 cm³/mol. The van der Waals surface area contributed by atoms with Crippen LogP contribution in [0.15, 0.2) is 72.8 Å². The van der Waals surface area contributed by atoms with Crippen molar-refractivity contribution in [3.63, 3.8) is 0 Å². The zero-order valence-corrected chi connectivity index (χ0v) is 25.7. The highest BCUT2D eigenvalue weighted by Crippen LogP contribution is 2.30. The maximum atomic E-state index is 14.1. The van der Waals surface area contributed by atoms with E-state index in [9.17, 15) is 18.0 Å². The van der Waals surface area contributed by atoms with E-state index < -0.39 is 28.5 Å². The fourth-order valence-corrected chi connectivity index (χ4v) is 5.40.